The van der Waals surface area contributed by atoms with Gasteiger partial charge in [-0.1, -0.05) is 12.1 Å². The summed E-state index contributed by atoms with van der Waals surface area (Å²) in [6.45, 7) is 3.41. The molecule has 23 heavy (non-hydrogen) atoms. The Labute approximate surface area is 135 Å². The molecule has 0 bridgehead atoms. The second-order valence-corrected chi connectivity index (χ2v) is 5.73. The number of ether oxygens (including phenoxy) is 1. The van der Waals surface area contributed by atoms with Crippen molar-refractivity contribution >= 4 is 0 Å². The van der Waals surface area contributed by atoms with Crippen LogP contribution in [0.4, 0.5) is 0 Å². The minimum Gasteiger partial charge on any atom is -0.467 e. The number of benzene rings is 1. The van der Waals surface area contributed by atoms with Crippen LogP contribution in [-0.4, -0.2) is 34.4 Å². The van der Waals surface area contributed by atoms with E-state index in [1.807, 2.05) is 29.1 Å². The minimum atomic E-state index is 0.0213. The van der Waals surface area contributed by atoms with E-state index in [2.05, 4.69) is 34.3 Å². The van der Waals surface area contributed by atoms with E-state index >= 15 is 0 Å². The van der Waals surface area contributed by atoms with Crippen molar-refractivity contribution in [3.05, 3.63) is 72.4 Å². The van der Waals surface area contributed by atoms with Crippen LogP contribution in [0.1, 0.15) is 17.4 Å². The molecule has 5 heteroatoms. The summed E-state index contributed by atoms with van der Waals surface area (Å²) < 4.78 is 13.2. The van der Waals surface area contributed by atoms with Gasteiger partial charge >= 0.3 is 0 Å². The lowest BCUT2D eigenvalue weighted by Gasteiger charge is -2.32. The Bertz CT molecular complexity index is 737. The third kappa shape index (κ3) is 3.21. The Morgan fingerprint density at radius 1 is 1.17 bits per heavy atom. The largest absolute Gasteiger partial charge is 0.467 e. The molecule has 2 aromatic heterocycles. The molecule has 0 radical (unpaired) electrons. The average Bonchev–Trinajstić information content (AvgIpc) is 3.29. The Balaban J connectivity index is 1.46. The molecule has 5 nitrogen and oxygen atoms in total. The summed E-state index contributed by atoms with van der Waals surface area (Å²) in [5.74, 6) is 0.903. The Hall–Kier alpha value is -2.37. The van der Waals surface area contributed by atoms with Crippen LogP contribution in [0, 0.1) is 0 Å². The highest BCUT2D eigenvalue weighted by atomic mass is 16.5. The molecule has 1 saturated heterocycles. The van der Waals surface area contributed by atoms with E-state index in [1.165, 1.54) is 5.56 Å². The van der Waals surface area contributed by atoms with Gasteiger partial charge in [-0.3, -0.25) is 4.90 Å². The van der Waals surface area contributed by atoms with Crippen LogP contribution >= 0.6 is 0 Å². The van der Waals surface area contributed by atoms with Gasteiger partial charge in [-0.05, 0) is 35.9 Å². The zero-order chi connectivity index (χ0) is 15.5. The fraction of sp³-hybridized carbons (Fsp3) is 0.278. The average molecular weight is 309 g/mol. The van der Waals surface area contributed by atoms with Gasteiger partial charge in [-0.15, -0.1) is 0 Å². The molecule has 1 fully saturated rings. The van der Waals surface area contributed by atoms with Crippen LogP contribution in [-0.2, 0) is 11.3 Å². The highest BCUT2D eigenvalue weighted by molar-refractivity contribution is 5.35. The molecule has 0 unspecified atom stereocenters. The first kappa shape index (κ1) is 14.2. The number of morpholine rings is 1. The fourth-order valence-corrected chi connectivity index (χ4v) is 2.97. The van der Waals surface area contributed by atoms with Crippen molar-refractivity contribution < 1.29 is 9.15 Å². The Morgan fingerprint density at radius 2 is 2.17 bits per heavy atom. The maximum atomic E-state index is 5.82. The molecule has 0 saturated carbocycles. The third-order valence-electron chi connectivity index (χ3n) is 4.10. The van der Waals surface area contributed by atoms with Gasteiger partial charge in [-0.25, -0.2) is 4.68 Å². The van der Waals surface area contributed by atoms with Crippen LogP contribution in [0.15, 0.2) is 65.5 Å². The molecule has 0 amide bonds. The maximum Gasteiger partial charge on any atom is 0.133 e. The van der Waals surface area contributed by atoms with Crippen LogP contribution in [0.25, 0.3) is 5.69 Å². The quantitative estimate of drug-likeness (QED) is 0.743. The predicted molar refractivity (Wildman–Crippen MR) is 86.2 cm³/mol. The highest BCUT2D eigenvalue weighted by Gasteiger charge is 2.23. The summed E-state index contributed by atoms with van der Waals surface area (Å²) in [7, 11) is 0. The first-order valence-electron chi connectivity index (χ1n) is 7.85. The van der Waals surface area contributed by atoms with E-state index in [-0.39, 0.29) is 6.10 Å². The highest BCUT2D eigenvalue weighted by Crippen LogP contribution is 2.23. The molecule has 1 atom stereocenters. The van der Waals surface area contributed by atoms with E-state index in [4.69, 9.17) is 9.15 Å². The van der Waals surface area contributed by atoms with Crippen molar-refractivity contribution in [3.8, 4) is 5.69 Å². The van der Waals surface area contributed by atoms with Crippen molar-refractivity contribution in [1.82, 2.24) is 14.7 Å². The molecular formula is C18H19N3O2. The second-order valence-electron chi connectivity index (χ2n) is 5.73. The topological polar surface area (TPSA) is 43.4 Å². The number of nitrogens with zero attached hydrogens (tertiary/aromatic N) is 3. The number of aromatic nitrogens is 2. The molecule has 3 aromatic rings. The zero-order valence-corrected chi connectivity index (χ0v) is 12.8. The number of furan rings is 1. The first-order chi connectivity index (χ1) is 11.4. The molecular weight excluding hydrogens is 290 g/mol. The lowest BCUT2D eigenvalue weighted by atomic mass is 10.1. The third-order valence-corrected chi connectivity index (χ3v) is 4.10. The first-order valence-corrected chi connectivity index (χ1v) is 7.85. The number of rotatable bonds is 4. The van der Waals surface area contributed by atoms with Crippen LogP contribution in [0.3, 0.4) is 0 Å². The van der Waals surface area contributed by atoms with Gasteiger partial charge in [-0.2, -0.15) is 5.10 Å². The molecule has 0 spiro atoms. The van der Waals surface area contributed by atoms with E-state index < -0.39 is 0 Å². The van der Waals surface area contributed by atoms with E-state index in [9.17, 15) is 0 Å². The van der Waals surface area contributed by atoms with Gasteiger partial charge in [0.05, 0.1) is 18.6 Å². The van der Waals surface area contributed by atoms with Crippen LogP contribution in [0.5, 0.6) is 0 Å². The van der Waals surface area contributed by atoms with E-state index in [0.29, 0.717) is 0 Å². The second kappa shape index (κ2) is 6.40. The normalized spacial score (nSPS) is 19.0. The van der Waals surface area contributed by atoms with Gasteiger partial charge < -0.3 is 9.15 Å². The van der Waals surface area contributed by atoms with Crippen molar-refractivity contribution in [1.29, 1.82) is 0 Å². The number of hydrogen-bond acceptors (Lipinski definition) is 4. The minimum absolute atomic E-state index is 0.0213. The lowest BCUT2D eigenvalue weighted by Crippen LogP contribution is -2.37. The summed E-state index contributed by atoms with van der Waals surface area (Å²) in [6, 6.07) is 14.3. The van der Waals surface area contributed by atoms with E-state index in [0.717, 1.165) is 37.7 Å². The van der Waals surface area contributed by atoms with Crippen LogP contribution < -0.4 is 0 Å². The number of hydrogen-bond donors (Lipinski definition) is 0. The van der Waals surface area contributed by atoms with Gasteiger partial charge in [0.1, 0.15) is 11.9 Å². The summed E-state index contributed by atoms with van der Waals surface area (Å²) in [6.07, 6.45) is 5.47. The zero-order valence-electron chi connectivity index (χ0n) is 12.8. The van der Waals surface area contributed by atoms with Crippen molar-refractivity contribution in [2.75, 3.05) is 19.7 Å². The summed E-state index contributed by atoms with van der Waals surface area (Å²) in [5, 5.41) is 4.29. The lowest BCUT2D eigenvalue weighted by molar-refractivity contribution is -0.0427. The molecule has 0 aliphatic carbocycles. The molecule has 1 aromatic carbocycles. The van der Waals surface area contributed by atoms with Gasteiger partial charge in [0.15, 0.2) is 0 Å². The van der Waals surface area contributed by atoms with Gasteiger partial charge in [0.2, 0.25) is 0 Å². The van der Waals surface area contributed by atoms with Crippen molar-refractivity contribution in [2.45, 2.75) is 12.6 Å². The smallest absolute Gasteiger partial charge is 0.133 e. The Kier molecular flexibility index (Phi) is 3.96. The summed E-state index contributed by atoms with van der Waals surface area (Å²) in [4.78, 5) is 2.40. The van der Waals surface area contributed by atoms with Gasteiger partial charge in [0.25, 0.3) is 0 Å². The van der Waals surface area contributed by atoms with Crippen molar-refractivity contribution in [3.63, 3.8) is 0 Å². The monoisotopic (exact) mass is 309 g/mol. The molecule has 4 rings (SSSR count). The fourth-order valence-electron chi connectivity index (χ4n) is 2.97. The maximum absolute atomic E-state index is 5.82. The molecule has 118 valence electrons. The van der Waals surface area contributed by atoms with Crippen LogP contribution in [0.2, 0.25) is 0 Å². The molecule has 1 aliphatic heterocycles. The van der Waals surface area contributed by atoms with Crippen molar-refractivity contribution in [2.24, 2.45) is 0 Å². The molecule has 1 aliphatic rings. The SMILES string of the molecule is c1cc(CN2CCO[C@@H](c3ccco3)C2)cc(-n2cccn2)c1. The van der Waals surface area contributed by atoms with Gasteiger partial charge in [0, 0.05) is 32.0 Å². The predicted octanol–water partition coefficient (Wildman–Crippen LogP) is 3.04. The summed E-state index contributed by atoms with van der Waals surface area (Å²) >= 11 is 0. The molecule has 0 N–H and O–H groups in total. The Morgan fingerprint density at radius 3 is 3.00 bits per heavy atom. The standard InChI is InChI=1S/C18H19N3O2/c1-4-15(12-16(5-1)21-8-3-7-19-21)13-20-9-11-23-18(14-20)17-6-2-10-22-17/h1-8,10,12,18H,9,11,13-14H2/t18-/m1/s1. The summed E-state index contributed by atoms with van der Waals surface area (Å²) in [5.41, 5.74) is 2.36. The van der Waals surface area contributed by atoms with E-state index in [1.54, 1.807) is 12.5 Å². The molecule has 3 heterocycles.